The highest BCUT2D eigenvalue weighted by Gasteiger charge is 2.19. The predicted octanol–water partition coefficient (Wildman–Crippen LogP) is 2.71. The second-order valence-corrected chi connectivity index (χ2v) is 4.79. The molecule has 9 heteroatoms. The van der Waals surface area contributed by atoms with Crippen LogP contribution in [0.4, 0.5) is 20.3 Å². The number of benzene rings is 1. The van der Waals surface area contributed by atoms with Crippen molar-refractivity contribution < 1.29 is 23.2 Å². The molecule has 0 atom stereocenters. The van der Waals surface area contributed by atoms with Crippen molar-refractivity contribution in [1.82, 2.24) is 4.98 Å². The molecule has 1 aromatic heterocycles. The Labute approximate surface area is 135 Å². The summed E-state index contributed by atoms with van der Waals surface area (Å²) in [6.45, 7) is 0.161. The fourth-order valence-corrected chi connectivity index (χ4v) is 2.04. The smallest absolute Gasteiger partial charge is 0.339 e. The molecular formula is C15H13F2N3O4. The Morgan fingerprint density at radius 2 is 1.96 bits per heavy atom. The van der Waals surface area contributed by atoms with Gasteiger partial charge in [-0.1, -0.05) is 0 Å². The second kappa shape index (κ2) is 7.44. The molecule has 0 unspecified atom stereocenters. The Balaban J connectivity index is 2.11. The largest absolute Gasteiger partial charge is 0.465 e. The number of nitro groups is 1. The van der Waals surface area contributed by atoms with Gasteiger partial charge in [0.05, 0.1) is 17.6 Å². The summed E-state index contributed by atoms with van der Waals surface area (Å²) < 4.78 is 30.7. The third-order valence-corrected chi connectivity index (χ3v) is 3.11. The quantitative estimate of drug-likeness (QED) is 0.495. The van der Waals surface area contributed by atoms with Crippen LogP contribution in [0, 0.1) is 21.7 Å². The second-order valence-electron chi connectivity index (χ2n) is 4.79. The Bertz CT molecular complexity index is 763. The maximum atomic E-state index is 13.1. The summed E-state index contributed by atoms with van der Waals surface area (Å²) in [5.41, 5.74) is -0.0564. The summed E-state index contributed by atoms with van der Waals surface area (Å²) in [5.74, 6) is -2.19. The van der Waals surface area contributed by atoms with Gasteiger partial charge in [-0.05, 0) is 24.1 Å². The number of carbonyl (C=O) groups excluding carboxylic acids is 1. The monoisotopic (exact) mass is 337 g/mol. The highest BCUT2D eigenvalue weighted by Crippen LogP contribution is 2.23. The lowest BCUT2D eigenvalue weighted by Gasteiger charge is -2.07. The standard InChI is InChI=1S/C15H13F2N3O4/c1-24-15(21)10-6-13(20(22)23)14(19-8-10)18-3-2-9-4-11(16)7-12(17)5-9/h4-8H,2-3H2,1H3,(H,18,19). The van der Waals surface area contributed by atoms with Gasteiger partial charge in [-0.15, -0.1) is 0 Å². The molecule has 24 heavy (non-hydrogen) atoms. The van der Waals surface area contributed by atoms with E-state index < -0.39 is 28.2 Å². The number of hydrogen-bond acceptors (Lipinski definition) is 6. The first kappa shape index (κ1) is 17.3. The van der Waals surface area contributed by atoms with E-state index in [4.69, 9.17) is 0 Å². The number of esters is 1. The van der Waals surface area contributed by atoms with Crippen molar-refractivity contribution in [1.29, 1.82) is 0 Å². The van der Waals surface area contributed by atoms with Crippen LogP contribution in [0.2, 0.25) is 0 Å². The first-order valence-electron chi connectivity index (χ1n) is 6.82. The highest BCUT2D eigenvalue weighted by molar-refractivity contribution is 5.90. The normalized spacial score (nSPS) is 10.3. The van der Waals surface area contributed by atoms with Crippen molar-refractivity contribution in [3.8, 4) is 0 Å². The van der Waals surface area contributed by atoms with E-state index in [1.807, 2.05) is 0 Å². The lowest BCUT2D eigenvalue weighted by Crippen LogP contribution is -2.10. The van der Waals surface area contributed by atoms with Gasteiger partial charge >= 0.3 is 11.7 Å². The number of rotatable bonds is 6. The van der Waals surface area contributed by atoms with Gasteiger partial charge in [0.25, 0.3) is 0 Å². The fraction of sp³-hybridized carbons (Fsp3) is 0.200. The van der Waals surface area contributed by atoms with E-state index >= 15 is 0 Å². The van der Waals surface area contributed by atoms with Crippen molar-refractivity contribution in [3.63, 3.8) is 0 Å². The van der Waals surface area contributed by atoms with E-state index in [9.17, 15) is 23.7 Å². The summed E-state index contributed by atoms with van der Waals surface area (Å²) in [4.78, 5) is 25.6. The van der Waals surface area contributed by atoms with Crippen LogP contribution >= 0.6 is 0 Å². The molecule has 0 radical (unpaired) electrons. The Kier molecular flexibility index (Phi) is 5.35. The lowest BCUT2D eigenvalue weighted by molar-refractivity contribution is -0.384. The molecule has 1 heterocycles. The number of nitrogens with zero attached hydrogens (tertiary/aromatic N) is 2. The molecule has 0 aliphatic carbocycles. The van der Waals surface area contributed by atoms with Crippen molar-refractivity contribution in [2.75, 3.05) is 19.0 Å². The first-order valence-corrected chi connectivity index (χ1v) is 6.82. The molecule has 0 bridgehead atoms. The molecule has 2 aromatic rings. The van der Waals surface area contributed by atoms with E-state index in [1.54, 1.807) is 0 Å². The number of ether oxygens (including phenoxy) is 1. The number of pyridine rings is 1. The average molecular weight is 337 g/mol. The zero-order valence-electron chi connectivity index (χ0n) is 12.6. The molecular weight excluding hydrogens is 324 g/mol. The number of methoxy groups -OCH3 is 1. The number of anilines is 1. The van der Waals surface area contributed by atoms with Crippen LogP contribution in [0.5, 0.6) is 0 Å². The first-order chi connectivity index (χ1) is 11.4. The maximum Gasteiger partial charge on any atom is 0.339 e. The molecule has 0 saturated carbocycles. The van der Waals surface area contributed by atoms with Gasteiger partial charge in [0.1, 0.15) is 11.6 Å². The van der Waals surface area contributed by atoms with E-state index in [0.717, 1.165) is 25.4 Å². The number of carbonyl (C=O) groups is 1. The summed E-state index contributed by atoms with van der Waals surface area (Å²) >= 11 is 0. The van der Waals surface area contributed by atoms with Crippen molar-refractivity contribution in [2.45, 2.75) is 6.42 Å². The molecule has 0 saturated heterocycles. The van der Waals surface area contributed by atoms with Crippen LogP contribution < -0.4 is 5.32 Å². The molecule has 0 spiro atoms. The molecule has 1 N–H and O–H groups in total. The minimum absolute atomic E-state index is 0.0514. The minimum Gasteiger partial charge on any atom is -0.465 e. The molecule has 2 rings (SSSR count). The lowest BCUT2D eigenvalue weighted by atomic mass is 10.1. The van der Waals surface area contributed by atoms with E-state index in [2.05, 4.69) is 15.0 Å². The Hall–Kier alpha value is -3.10. The maximum absolute atomic E-state index is 13.1. The summed E-state index contributed by atoms with van der Waals surface area (Å²) in [5, 5.41) is 13.8. The molecule has 0 amide bonds. The van der Waals surface area contributed by atoms with Crippen LogP contribution in [0.1, 0.15) is 15.9 Å². The summed E-state index contributed by atoms with van der Waals surface area (Å²) in [6.07, 6.45) is 1.37. The van der Waals surface area contributed by atoms with Crippen LogP contribution in [0.3, 0.4) is 0 Å². The van der Waals surface area contributed by atoms with Gasteiger partial charge in [-0.2, -0.15) is 0 Å². The van der Waals surface area contributed by atoms with Gasteiger partial charge in [-0.3, -0.25) is 10.1 Å². The van der Waals surface area contributed by atoms with Crippen molar-refractivity contribution in [3.05, 3.63) is 63.3 Å². The van der Waals surface area contributed by atoms with Crippen LogP contribution in [0.15, 0.2) is 30.5 Å². The van der Waals surface area contributed by atoms with Crippen LogP contribution in [-0.4, -0.2) is 29.5 Å². The van der Waals surface area contributed by atoms with E-state index in [-0.39, 0.29) is 24.3 Å². The molecule has 0 aliphatic heterocycles. The molecule has 7 nitrogen and oxygen atoms in total. The topological polar surface area (TPSA) is 94.4 Å². The third kappa shape index (κ3) is 4.22. The number of halogens is 2. The molecule has 126 valence electrons. The number of hydrogen-bond donors (Lipinski definition) is 1. The van der Waals surface area contributed by atoms with E-state index in [0.29, 0.717) is 5.56 Å². The Morgan fingerprint density at radius 1 is 1.29 bits per heavy atom. The Morgan fingerprint density at radius 3 is 2.54 bits per heavy atom. The average Bonchev–Trinajstić information content (AvgIpc) is 2.53. The van der Waals surface area contributed by atoms with Gasteiger partial charge in [0, 0.05) is 24.9 Å². The fourth-order valence-electron chi connectivity index (χ4n) is 2.04. The van der Waals surface area contributed by atoms with E-state index in [1.165, 1.54) is 12.1 Å². The SMILES string of the molecule is COC(=O)c1cnc(NCCc2cc(F)cc(F)c2)c([N+](=O)[O-])c1. The molecule has 0 fully saturated rings. The van der Waals surface area contributed by atoms with Crippen molar-refractivity contribution in [2.24, 2.45) is 0 Å². The number of aromatic nitrogens is 1. The van der Waals surface area contributed by atoms with Crippen LogP contribution in [-0.2, 0) is 11.2 Å². The number of nitrogens with one attached hydrogen (secondary N) is 1. The third-order valence-electron chi connectivity index (χ3n) is 3.11. The summed E-state index contributed by atoms with van der Waals surface area (Å²) in [6, 6.07) is 4.15. The van der Waals surface area contributed by atoms with Gasteiger partial charge < -0.3 is 10.1 Å². The van der Waals surface area contributed by atoms with Gasteiger partial charge in [0.15, 0.2) is 0 Å². The predicted molar refractivity (Wildman–Crippen MR) is 80.8 cm³/mol. The van der Waals surface area contributed by atoms with Crippen LogP contribution in [0.25, 0.3) is 0 Å². The zero-order valence-corrected chi connectivity index (χ0v) is 12.6. The molecule has 0 aliphatic rings. The zero-order chi connectivity index (χ0) is 17.7. The van der Waals surface area contributed by atoms with Gasteiger partial charge in [0.2, 0.25) is 5.82 Å². The molecule has 1 aromatic carbocycles. The van der Waals surface area contributed by atoms with Gasteiger partial charge in [-0.25, -0.2) is 18.6 Å². The van der Waals surface area contributed by atoms with Crippen molar-refractivity contribution >= 4 is 17.5 Å². The summed E-state index contributed by atoms with van der Waals surface area (Å²) in [7, 11) is 1.15. The highest BCUT2D eigenvalue weighted by atomic mass is 19.1. The minimum atomic E-state index is -0.743.